The molecule has 0 aliphatic carbocycles. The zero-order valence-corrected chi connectivity index (χ0v) is 11.1. The molecule has 5 heteroatoms. The summed E-state index contributed by atoms with van der Waals surface area (Å²) in [6.45, 7) is 9.63. The highest BCUT2D eigenvalue weighted by molar-refractivity contribution is 7.89. The lowest BCUT2D eigenvalue weighted by atomic mass is 10.0. The first-order chi connectivity index (χ1) is 6.68. The van der Waals surface area contributed by atoms with Gasteiger partial charge in [0.15, 0.2) is 0 Å². The number of piperazine rings is 1. The molecule has 1 heterocycles. The molecular formula is C10H22N2O2S. The van der Waals surface area contributed by atoms with Crippen LogP contribution in [-0.4, -0.2) is 55.1 Å². The Kier molecular flexibility index (Phi) is 3.48. The number of sulfonamides is 1. The van der Waals surface area contributed by atoms with Gasteiger partial charge in [0, 0.05) is 25.2 Å². The average molecular weight is 234 g/mol. The Morgan fingerprint density at radius 2 is 1.73 bits per heavy atom. The summed E-state index contributed by atoms with van der Waals surface area (Å²) >= 11 is 0. The van der Waals surface area contributed by atoms with Crippen LogP contribution in [0, 0.1) is 0 Å². The first-order valence-electron chi connectivity index (χ1n) is 5.38. The molecule has 1 rings (SSSR count). The van der Waals surface area contributed by atoms with Crippen LogP contribution in [0.2, 0.25) is 0 Å². The van der Waals surface area contributed by atoms with E-state index in [1.165, 1.54) is 0 Å². The molecule has 0 radical (unpaired) electrons. The van der Waals surface area contributed by atoms with E-state index < -0.39 is 10.0 Å². The lowest BCUT2D eigenvalue weighted by Gasteiger charge is -2.45. The molecule has 0 saturated carbocycles. The van der Waals surface area contributed by atoms with Crippen molar-refractivity contribution in [3.05, 3.63) is 0 Å². The zero-order valence-electron chi connectivity index (χ0n) is 10.3. The fraction of sp³-hybridized carbons (Fsp3) is 1.00. The van der Waals surface area contributed by atoms with Crippen molar-refractivity contribution < 1.29 is 8.42 Å². The van der Waals surface area contributed by atoms with Crippen molar-refractivity contribution in [1.82, 2.24) is 9.21 Å². The summed E-state index contributed by atoms with van der Waals surface area (Å²) in [5.41, 5.74) is -0.0692. The van der Waals surface area contributed by atoms with Gasteiger partial charge in [-0.1, -0.05) is 0 Å². The van der Waals surface area contributed by atoms with E-state index in [1.807, 2.05) is 7.05 Å². The number of hydrogen-bond donors (Lipinski definition) is 0. The highest BCUT2D eigenvalue weighted by atomic mass is 32.2. The standard InChI is InChI=1S/C10H22N2O2S/c1-9(2)15(13,14)12-7-6-11(5)10(3,4)8-12/h9H,6-8H2,1-5H3. The second-order valence-electron chi connectivity index (χ2n) is 5.16. The third-order valence-electron chi connectivity index (χ3n) is 3.24. The Hall–Kier alpha value is -0.130. The molecule has 1 aliphatic rings. The fourth-order valence-electron chi connectivity index (χ4n) is 1.71. The Balaban J connectivity index is 2.85. The van der Waals surface area contributed by atoms with Crippen LogP contribution in [0.25, 0.3) is 0 Å². The molecule has 15 heavy (non-hydrogen) atoms. The van der Waals surface area contributed by atoms with Crippen molar-refractivity contribution in [2.24, 2.45) is 0 Å². The van der Waals surface area contributed by atoms with E-state index >= 15 is 0 Å². The van der Waals surface area contributed by atoms with Crippen molar-refractivity contribution in [1.29, 1.82) is 0 Å². The fourth-order valence-corrected chi connectivity index (χ4v) is 3.14. The third-order valence-corrected chi connectivity index (χ3v) is 5.46. The molecule has 0 bridgehead atoms. The van der Waals surface area contributed by atoms with E-state index in [0.29, 0.717) is 13.1 Å². The smallest absolute Gasteiger partial charge is 0.216 e. The van der Waals surface area contributed by atoms with Crippen molar-refractivity contribution >= 4 is 10.0 Å². The largest absolute Gasteiger partial charge is 0.299 e. The lowest BCUT2D eigenvalue weighted by molar-refractivity contribution is 0.0798. The summed E-state index contributed by atoms with van der Waals surface area (Å²) in [5, 5.41) is -0.322. The Labute approximate surface area is 93.3 Å². The van der Waals surface area contributed by atoms with Gasteiger partial charge in [-0.05, 0) is 34.7 Å². The maximum absolute atomic E-state index is 12.0. The van der Waals surface area contributed by atoms with Gasteiger partial charge < -0.3 is 0 Å². The summed E-state index contributed by atoms with van der Waals surface area (Å²) in [5.74, 6) is 0. The Morgan fingerprint density at radius 3 is 2.13 bits per heavy atom. The van der Waals surface area contributed by atoms with E-state index in [9.17, 15) is 8.42 Å². The molecule has 0 atom stereocenters. The molecule has 1 aliphatic heterocycles. The quantitative estimate of drug-likeness (QED) is 0.708. The SMILES string of the molecule is CC(C)S(=O)(=O)N1CCN(C)C(C)(C)C1. The van der Waals surface area contributed by atoms with E-state index in [4.69, 9.17) is 0 Å². The van der Waals surface area contributed by atoms with Gasteiger partial charge in [0.1, 0.15) is 0 Å². The molecule has 90 valence electrons. The van der Waals surface area contributed by atoms with E-state index in [2.05, 4.69) is 18.7 Å². The first kappa shape index (κ1) is 12.9. The van der Waals surface area contributed by atoms with Crippen LogP contribution in [0.1, 0.15) is 27.7 Å². The monoisotopic (exact) mass is 234 g/mol. The van der Waals surface area contributed by atoms with Crippen molar-refractivity contribution in [3.8, 4) is 0 Å². The normalized spacial score (nSPS) is 24.7. The topological polar surface area (TPSA) is 40.6 Å². The number of nitrogens with zero attached hydrogens (tertiary/aromatic N) is 2. The van der Waals surface area contributed by atoms with Gasteiger partial charge in [0.25, 0.3) is 0 Å². The molecule has 4 nitrogen and oxygen atoms in total. The maximum atomic E-state index is 12.0. The molecule has 0 amide bonds. The predicted molar refractivity (Wildman–Crippen MR) is 62.3 cm³/mol. The summed E-state index contributed by atoms with van der Waals surface area (Å²) in [6.07, 6.45) is 0. The second-order valence-corrected chi connectivity index (χ2v) is 7.65. The summed E-state index contributed by atoms with van der Waals surface area (Å²) in [7, 11) is -1.05. The molecule has 0 unspecified atom stereocenters. The van der Waals surface area contributed by atoms with Gasteiger partial charge in [-0.15, -0.1) is 0 Å². The molecule has 0 aromatic carbocycles. The summed E-state index contributed by atoms with van der Waals surface area (Å²) in [4.78, 5) is 2.21. The summed E-state index contributed by atoms with van der Waals surface area (Å²) in [6, 6.07) is 0. The van der Waals surface area contributed by atoms with E-state index in [-0.39, 0.29) is 10.8 Å². The molecule has 0 aromatic rings. The van der Waals surface area contributed by atoms with Crippen molar-refractivity contribution in [3.63, 3.8) is 0 Å². The van der Waals surface area contributed by atoms with Gasteiger partial charge in [0.2, 0.25) is 10.0 Å². The van der Waals surface area contributed by atoms with Gasteiger partial charge >= 0.3 is 0 Å². The minimum absolute atomic E-state index is 0.0692. The highest BCUT2D eigenvalue weighted by Crippen LogP contribution is 2.22. The lowest BCUT2D eigenvalue weighted by Crippen LogP contribution is -2.59. The van der Waals surface area contributed by atoms with Crippen molar-refractivity contribution in [2.45, 2.75) is 38.5 Å². The third kappa shape index (κ3) is 2.52. The molecule has 1 saturated heterocycles. The average Bonchev–Trinajstić information content (AvgIpc) is 2.09. The van der Waals surface area contributed by atoms with Gasteiger partial charge in [-0.3, -0.25) is 4.90 Å². The van der Waals surface area contributed by atoms with E-state index in [1.54, 1.807) is 18.2 Å². The van der Waals surface area contributed by atoms with Gasteiger partial charge in [-0.25, -0.2) is 8.42 Å². The van der Waals surface area contributed by atoms with Crippen LogP contribution in [0.5, 0.6) is 0 Å². The maximum Gasteiger partial charge on any atom is 0.216 e. The molecule has 0 spiro atoms. The highest BCUT2D eigenvalue weighted by Gasteiger charge is 2.37. The van der Waals surface area contributed by atoms with Crippen LogP contribution < -0.4 is 0 Å². The number of likely N-dealkylation sites (N-methyl/N-ethyl adjacent to an activating group) is 1. The van der Waals surface area contributed by atoms with Crippen molar-refractivity contribution in [2.75, 3.05) is 26.7 Å². The Bertz CT molecular complexity index is 322. The van der Waals surface area contributed by atoms with E-state index in [0.717, 1.165) is 6.54 Å². The van der Waals surface area contributed by atoms with Crippen LogP contribution in [0.3, 0.4) is 0 Å². The second kappa shape index (κ2) is 4.03. The minimum atomic E-state index is -3.09. The Morgan fingerprint density at radius 1 is 1.20 bits per heavy atom. The van der Waals surface area contributed by atoms with Crippen LogP contribution >= 0.6 is 0 Å². The molecule has 0 N–H and O–H groups in total. The zero-order chi connectivity index (χ0) is 11.9. The predicted octanol–water partition coefficient (Wildman–Crippen LogP) is 0.751. The van der Waals surface area contributed by atoms with Crippen LogP contribution in [0.15, 0.2) is 0 Å². The van der Waals surface area contributed by atoms with Crippen LogP contribution in [-0.2, 0) is 10.0 Å². The van der Waals surface area contributed by atoms with Gasteiger partial charge in [0.05, 0.1) is 5.25 Å². The minimum Gasteiger partial charge on any atom is -0.299 e. The molecule has 0 aromatic heterocycles. The number of rotatable bonds is 2. The first-order valence-corrected chi connectivity index (χ1v) is 6.88. The van der Waals surface area contributed by atoms with Crippen LogP contribution in [0.4, 0.5) is 0 Å². The van der Waals surface area contributed by atoms with Gasteiger partial charge in [-0.2, -0.15) is 4.31 Å². The molecule has 1 fully saturated rings. The number of hydrogen-bond acceptors (Lipinski definition) is 3. The summed E-state index contributed by atoms with van der Waals surface area (Å²) < 4.78 is 25.6. The molecular weight excluding hydrogens is 212 g/mol.